The van der Waals surface area contributed by atoms with Gasteiger partial charge in [-0.1, -0.05) is 32.9 Å². The van der Waals surface area contributed by atoms with E-state index in [2.05, 4.69) is 17.0 Å². The molecule has 0 saturated heterocycles. The van der Waals surface area contributed by atoms with Crippen LogP contribution in [0.4, 0.5) is 4.39 Å². The lowest BCUT2D eigenvalue weighted by Gasteiger charge is -2.33. The van der Waals surface area contributed by atoms with Crippen LogP contribution in [-0.4, -0.2) is 45.2 Å². The van der Waals surface area contributed by atoms with Crippen molar-refractivity contribution in [2.24, 2.45) is 5.41 Å². The quantitative estimate of drug-likeness (QED) is 0.446. The second kappa shape index (κ2) is 10.4. The van der Waals surface area contributed by atoms with E-state index in [1.807, 2.05) is 56.3 Å². The second-order valence-electron chi connectivity index (χ2n) is 10.8. The molecule has 0 unspecified atom stereocenters. The fourth-order valence-electron chi connectivity index (χ4n) is 4.67. The van der Waals surface area contributed by atoms with E-state index in [9.17, 15) is 9.18 Å². The molecule has 0 N–H and O–H groups in total. The summed E-state index contributed by atoms with van der Waals surface area (Å²) in [5, 5.41) is 5.00. The van der Waals surface area contributed by atoms with Crippen molar-refractivity contribution >= 4 is 5.91 Å². The maximum Gasteiger partial charge on any atom is 0.228 e. The molecule has 0 radical (unpaired) electrons. The lowest BCUT2D eigenvalue weighted by Crippen LogP contribution is -2.43. The second-order valence-corrected chi connectivity index (χ2v) is 10.8. The highest BCUT2D eigenvalue weighted by molar-refractivity contribution is 5.81. The van der Waals surface area contributed by atoms with Crippen LogP contribution in [-0.2, 0) is 30.8 Å². The summed E-state index contributed by atoms with van der Waals surface area (Å²) in [6.45, 7) is 12.8. The van der Waals surface area contributed by atoms with Gasteiger partial charge in [0.05, 0.1) is 30.7 Å². The first-order valence-corrected chi connectivity index (χ1v) is 12.6. The minimum atomic E-state index is -0.482. The molecule has 3 aromatic rings. The number of carbonyl (C=O) groups is 1. The summed E-state index contributed by atoms with van der Waals surface area (Å²) in [4.78, 5) is 17.6. The van der Waals surface area contributed by atoms with Crippen molar-refractivity contribution < 1.29 is 13.9 Å². The van der Waals surface area contributed by atoms with Crippen LogP contribution in [0.2, 0.25) is 0 Å². The molecule has 2 aromatic carbocycles. The number of nitrogens with zero attached hydrogens (tertiary/aromatic N) is 4. The van der Waals surface area contributed by atoms with Crippen molar-refractivity contribution in [2.75, 3.05) is 13.7 Å². The molecule has 0 bridgehead atoms. The minimum Gasteiger partial charge on any atom is -0.497 e. The standard InChI is InChI=1S/C29H37FN4O2/c1-20(2)33(28(35)29(3,4)5)19-26-25-18-32(17-21-7-13-24(36-6)14-8-21)16-15-27(25)34(31-26)23-11-9-22(30)10-12-23/h7-14,20H,15-19H2,1-6H3. The number of carbonyl (C=O) groups excluding carboxylic acids is 1. The zero-order valence-electron chi connectivity index (χ0n) is 22.2. The summed E-state index contributed by atoms with van der Waals surface area (Å²) in [7, 11) is 1.67. The van der Waals surface area contributed by atoms with Gasteiger partial charge in [-0.15, -0.1) is 0 Å². The van der Waals surface area contributed by atoms with Crippen LogP contribution >= 0.6 is 0 Å². The Hall–Kier alpha value is -3.19. The van der Waals surface area contributed by atoms with Crippen molar-refractivity contribution in [1.82, 2.24) is 19.6 Å². The largest absolute Gasteiger partial charge is 0.497 e. The molecule has 192 valence electrons. The molecule has 7 heteroatoms. The predicted octanol–water partition coefficient (Wildman–Crippen LogP) is 5.36. The topological polar surface area (TPSA) is 50.6 Å². The summed E-state index contributed by atoms with van der Waals surface area (Å²) in [6, 6.07) is 14.7. The van der Waals surface area contributed by atoms with Crippen LogP contribution < -0.4 is 4.74 Å². The van der Waals surface area contributed by atoms with Crippen molar-refractivity contribution in [3.05, 3.63) is 76.9 Å². The van der Waals surface area contributed by atoms with Gasteiger partial charge in [0, 0.05) is 43.1 Å². The molecular weight excluding hydrogens is 455 g/mol. The summed E-state index contributed by atoms with van der Waals surface area (Å²) >= 11 is 0. The van der Waals surface area contributed by atoms with Gasteiger partial charge in [-0.25, -0.2) is 9.07 Å². The predicted molar refractivity (Wildman–Crippen MR) is 139 cm³/mol. The van der Waals surface area contributed by atoms with Crippen molar-refractivity contribution in [3.8, 4) is 11.4 Å². The van der Waals surface area contributed by atoms with E-state index < -0.39 is 5.41 Å². The maximum atomic E-state index is 13.6. The van der Waals surface area contributed by atoms with Gasteiger partial charge in [0.2, 0.25) is 5.91 Å². The zero-order chi connectivity index (χ0) is 26.0. The SMILES string of the molecule is COc1ccc(CN2CCc3c(c(CN(C(=O)C(C)(C)C)C(C)C)nn3-c3ccc(F)cc3)C2)cc1. The number of halogens is 1. The first kappa shape index (κ1) is 25.9. The van der Waals surface area contributed by atoms with E-state index in [1.54, 1.807) is 19.2 Å². The Kier molecular flexibility index (Phi) is 7.50. The molecule has 4 rings (SSSR count). The first-order valence-electron chi connectivity index (χ1n) is 12.6. The molecule has 0 spiro atoms. The molecule has 1 aliphatic heterocycles. The third-order valence-electron chi connectivity index (χ3n) is 6.70. The summed E-state index contributed by atoms with van der Waals surface area (Å²) in [5.41, 5.74) is 4.77. The Balaban J connectivity index is 1.68. The van der Waals surface area contributed by atoms with Crippen molar-refractivity contribution in [1.29, 1.82) is 0 Å². The third-order valence-corrected chi connectivity index (χ3v) is 6.70. The monoisotopic (exact) mass is 492 g/mol. The molecule has 1 amide bonds. The van der Waals surface area contributed by atoms with E-state index in [0.29, 0.717) is 6.54 Å². The Morgan fingerprint density at radius 2 is 1.78 bits per heavy atom. The van der Waals surface area contributed by atoms with Gasteiger partial charge in [0.1, 0.15) is 11.6 Å². The fraction of sp³-hybridized carbons (Fsp3) is 0.448. The smallest absolute Gasteiger partial charge is 0.228 e. The highest BCUT2D eigenvalue weighted by Gasteiger charge is 2.32. The van der Waals surface area contributed by atoms with Crippen molar-refractivity contribution in [3.63, 3.8) is 0 Å². The molecule has 1 aliphatic rings. The van der Waals surface area contributed by atoms with Gasteiger partial charge >= 0.3 is 0 Å². The highest BCUT2D eigenvalue weighted by Crippen LogP contribution is 2.29. The fourth-order valence-corrected chi connectivity index (χ4v) is 4.67. The Labute approximate surface area is 213 Å². The van der Waals surface area contributed by atoms with E-state index in [0.717, 1.165) is 54.4 Å². The summed E-state index contributed by atoms with van der Waals surface area (Å²) in [6.07, 6.45) is 0.824. The Morgan fingerprint density at radius 1 is 1.11 bits per heavy atom. The van der Waals surface area contributed by atoms with E-state index in [1.165, 1.54) is 17.7 Å². The zero-order valence-corrected chi connectivity index (χ0v) is 22.2. The average molecular weight is 493 g/mol. The molecule has 0 aliphatic carbocycles. The van der Waals surface area contributed by atoms with Gasteiger partial charge in [-0.3, -0.25) is 9.69 Å². The van der Waals surface area contributed by atoms with Crippen LogP contribution in [0.5, 0.6) is 5.75 Å². The molecule has 0 atom stereocenters. The highest BCUT2D eigenvalue weighted by atomic mass is 19.1. The van der Waals surface area contributed by atoms with Crippen LogP contribution in [0.25, 0.3) is 5.69 Å². The minimum absolute atomic E-state index is 0.0438. The van der Waals surface area contributed by atoms with Gasteiger partial charge in [0.25, 0.3) is 0 Å². The number of benzene rings is 2. The normalized spacial score (nSPS) is 14.1. The Bertz CT molecular complexity index is 1190. The van der Waals surface area contributed by atoms with E-state index in [-0.39, 0.29) is 17.8 Å². The van der Waals surface area contributed by atoms with Crippen LogP contribution in [0, 0.1) is 11.2 Å². The number of amides is 1. The van der Waals surface area contributed by atoms with Gasteiger partial charge in [-0.2, -0.15) is 5.10 Å². The summed E-state index contributed by atoms with van der Waals surface area (Å²) < 4.78 is 20.9. The summed E-state index contributed by atoms with van der Waals surface area (Å²) in [5.74, 6) is 0.681. The first-order chi connectivity index (χ1) is 17.1. The van der Waals surface area contributed by atoms with Crippen LogP contribution in [0.3, 0.4) is 0 Å². The van der Waals surface area contributed by atoms with Gasteiger partial charge in [0.15, 0.2) is 0 Å². The molecule has 0 fully saturated rings. The number of aromatic nitrogens is 2. The number of methoxy groups -OCH3 is 1. The molecule has 0 saturated carbocycles. The van der Waals surface area contributed by atoms with Crippen LogP contribution in [0.15, 0.2) is 48.5 Å². The molecular formula is C29H37FN4O2. The lowest BCUT2D eigenvalue weighted by molar-refractivity contribution is -0.142. The molecule has 1 aromatic heterocycles. The lowest BCUT2D eigenvalue weighted by atomic mass is 9.93. The third kappa shape index (κ3) is 5.62. The van der Waals surface area contributed by atoms with Crippen molar-refractivity contribution in [2.45, 2.75) is 66.7 Å². The number of hydrogen-bond acceptors (Lipinski definition) is 4. The van der Waals surface area contributed by atoms with Gasteiger partial charge in [-0.05, 0) is 55.8 Å². The molecule has 6 nitrogen and oxygen atoms in total. The number of ether oxygens (including phenoxy) is 1. The maximum absolute atomic E-state index is 13.6. The van der Waals surface area contributed by atoms with E-state index >= 15 is 0 Å². The molecule has 36 heavy (non-hydrogen) atoms. The number of hydrogen-bond donors (Lipinski definition) is 0. The van der Waals surface area contributed by atoms with Gasteiger partial charge < -0.3 is 9.64 Å². The van der Waals surface area contributed by atoms with E-state index in [4.69, 9.17) is 9.84 Å². The number of fused-ring (bicyclic) bond motifs is 1. The Morgan fingerprint density at radius 3 is 2.36 bits per heavy atom. The number of rotatable bonds is 7. The van der Waals surface area contributed by atoms with Crippen LogP contribution in [0.1, 0.15) is 57.1 Å². The average Bonchev–Trinajstić information content (AvgIpc) is 3.20. The molecule has 2 heterocycles.